The number of fused-ring (bicyclic) bond motifs is 1. The number of aromatic amines is 1. The van der Waals surface area contributed by atoms with Gasteiger partial charge in [-0.3, -0.25) is 14.4 Å². The summed E-state index contributed by atoms with van der Waals surface area (Å²) < 4.78 is 1.46. The average molecular weight is 554 g/mol. The number of benzene rings is 2. The Balaban J connectivity index is 1.38. The minimum absolute atomic E-state index is 0.0503. The van der Waals surface area contributed by atoms with Crippen molar-refractivity contribution in [3.8, 4) is 5.69 Å². The van der Waals surface area contributed by atoms with Crippen LogP contribution in [-0.2, 0) is 22.4 Å². The highest BCUT2D eigenvalue weighted by Gasteiger charge is 2.22. The number of hydrogen-bond donors (Lipinski definition) is 2. The number of Topliss-reactive ketones (excluding diaryl/α,β-unsaturated/α-hetero) is 2. The molecule has 5 rings (SSSR count). The van der Waals surface area contributed by atoms with Gasteiger partial charge in [0.15, 0.2) is 11.6 Å². The third kappa shape index (κ3) is 6.19. The molecule has 40 heavy (non-hydrogen) atoms. The van der Waals surface area contributed by atoms with Crippen molar-refractivity contribution in [2.75, 3.05) is 0 Å². The molecule has 0 saturated heterocycles. The number of H-pyrrole nitrogens is 1. The number of amides is 1. The number of tetrazole rings is 1. The molecule has 0 saturated carbocycles. The first-order chi connectivity index (χ1) is 19.4. The normalized spacial score (nSPS) is 12.1. The van der Waals surface area contributed by atoms with Crippen molar-refractivity contribution in [3.05, 3.63) is 107 Å². The first-order valence-corrected chi connectivity index (χ1v) is 12.8. The van der Waals surface area contributed by atoms with E-state index in [0.717, 1.165) is 16.5 Å². The molecule has 5 aromatic rings. The summed E-state index contributed by atoms with van der Waals surface area (Å²) in [5.41, 5.74) is 4.12. The summed E-state index contributed by atoms with van der Waals surface area (Å²) in [7, 11) is 0. The van der Waals surface area contributed by atoms with E-state index in [1.807, 2.05) is 12.1 Å². The van der Waals surface area contributed by atoms with Gasteiger partial charge in [0.05, 0.1) is 11.7 Å². The minimum atomic E-state index is -0.817. The Morgan fingerprint density at radius 2 is 1.95 bits per heavy atom. The number of ketones is 2. The molecule has 1 atom stereocenters. The summed E-state index contributed by atoms with van der Waals surface area (Å²) in [4.78, 5) is 45.6. The zero-order valence-electron chi connectivity index (χ0n) is 21.4. The van der Waals surface area contributed by atoms with Crippen molar-refractivity contribution < 1.29 is 14.4 Å². The van der Waals surface area contributed by atoms with Gasteiger partial charge >= 0.3 is 0 Å². The summed E-state index contributed by atoms with van der Waals surface area (Å²) >= 11 is 6.18. The first-order valence-electron chi connectivity index (χ1n) is 12.4. The number of halogens is 1. The molecule has 0 aliphatic rings. The fourth-order valence-corrected chi connectivity index (χ4v) is 4.53. The van der Waals surface area contributed by atoms with Crippen molar-refractivity contribution in [3.63, 3.8) is 0 Å². The summed E-state index contributed by atoms with van der Waals surface area (Å²) in [5, 5.41) is 15.4. The van der Waals surface area contributed by atoms with Gasteiger partial charge in [0, 0.05) is 52.8 Å². The van der Waals surface area contributed by atoms with Crippen LogP contribution in [0.15, 0.2) is 79.4 Å². The van der Waals surface area contributed by atoms with E-state index in [1.54, 1.807) is 60.9 Å². The van der Waals surface area contributed by atoms with Crippen LogP contribution in [-0.4, -0.2) is 53.7 Å². The van der Waals surface area contributed by atoms with Gasteiger partial charge in [-0.05, 0) is 64.9 Å². The quantitative estimate of drug-likeness (QED) is 0.197. The molecule has 1 amide bonds. The van der Waals surface area contributed by atoms with Crippen LogP contribution in [0.1, 0.15) is 34.0 Å². The summed E-state index contributed by atoms with van der Waals surface area (Å²) in [5.74, 6) is -0.677. The molecule has 0 radical (unpaired) electrons. The molecule has 1 unspecified atom stereocenters. The zero-order chi connectivity index (χ0) is 28.1. The van der Waals surface area contributed by atoms with E-state index < -0.39 is 11.9 Å². The molecule has 200 valence electrons. The second-order valence-electron chi connectivity index (χ2n) is 9.17. The highest BCUT2D eigenvalue weighted by molar-refractivity contribution is 6.30. The molecule has 0 bridgehead atoms. The van der Waals surface area contributed by atoms with E-state index in [4.69, 9.17) is 11.6 Å². The fraction of sp³-hybridized carbons (Fsp3) is 0.138. The summed E-state index contributed by atoms with van der Waals surface area (Å²) in [6.45, 7) is 1.49. The highest BCUT2D eigenvalue weighted by Crippen LogP contribution is 2.21. The molecule has 0 aliphatic heterocycles. The van der Waals surface area contributed by atoms with Gasteiger partial charge in [0.1, 0.15) is 12.0 Å². The van der Waals surface area contributed by atoms with Gasteiger partial charge in [-0.25, -0.2) is 4.98 Å². The molecule has 0 fully saturated rings. The van der Waals surface area contributed by atoms with Crippen LogP contribution < -0.4 is 5.32 Å². The smallest absolute Gasteiger partial charge is 0.244 e. The van der Waals surface area contributed by atoms with Gasteiger partial charge in [0.25, 0.3) is 0 Å². The second kappa shape index (κ2) is 11.8. The van der Waals surface area contributed by atoms with E-state index in [-0.39, 0.29) is 24.4 Å². The van der Waals surface area contributed by atoms with Gasteiger partial charge in [-0.1, -0.05) is 35.9 Å². The van der Waals surface area contributed by atoms with E-state index in [2.05, 4.69) is 30.8 Å². The molecule has 2 aromatic carbocycles. The number of hydrogen-bond acceptors (Lipinski definition) is 7. The average Bonchev–Trinajstić information content (AvgIpc) is 3.63. The van der Waals surface area contributed by atoms with Gasteiger partial charge in [-0.2, -0.15) is 4.68 Å². The Morgan fingerprint density at radius 3 is 2.70 bits per heavy atom. The second-order valence-corrected chi connectivity index (χ2v) is 9.60. The van der Waals surface area contributed by atoms with Crippen LogP contribution in [0.25, 0.3) is 22.8 Å². The van der Waals surface area contributed by atoms with Crippen LogP contribution >= 0.6 is 11.6 Å². The number of carbonyl (C=O) groups excluding carboxylic acids is 3. The molecule has 0 aliphatic carbocycles. The largest absolute Gasteiger partial charge is 0.346 e. The van der Waals surface area contributed by atoms with E-state index in [0.29, 0.717) is 27.5 Å². The van der Waals surface area contributed by atoms with Crippen LogP contribution in [0, 0.1) is 0 Å². The van der Waals surface area contributed by atoms with Crippen molar-refractivity contribution in [1.29, 1.82) is 0 Å². The fourth-order valence-electron chi connectivity index (χ4n) is 4.35. The molecule has 10 nitrogen and oxygen atoms in total. The summed E-state index contributed by atoms with van der Waals surface area (Å²) in [6.07, 6.45) is 8.21. The van der Waals surface area contributed by atoms with Gasteiger partial charge in [-0.15, -0.1) is 5.10 Å². The Bertz CT molecular complexity index is 1710. The lowest BCUT2D eigenvalue weighted by atomic mass is 9.97. The molecule has 11 heteroatoms. The lowest BCUT2D eigenvalue weighted by molar-refractivity contribution is -0.125. The number of rotatable bonds is 10. The van der Waals surface area contributed by atoms with Crippen molar-refractivity contribution in [2.45, 2.75) is 25.8 Å². The maximum Gasteiger partial charge on any atom is 0.244 e. The molecule has 3 heterocycles. The molecule has 0 spiro atoms. The van der Waals surface area contributed by atoms with Crippen LogP contribution in [0.3, 0.4) is 0 Å². The number of aromatic nitrogens is 6. The molecular weight excluding hydrogens is 530 g/mol. The van der Waals surface area contributed by atoms with Gasteiger partial charge in [0.2, 0.25) is 5.91 Å². The Morgan fingerprint density at radius 1 is 1.12 bits per heavy atom. The van der Waals surface area contributed by atoms with Crippen molar-refractivity contribution in [2.24, 2.45) is 0 Å². The third-order valence-electron chi connectivity index (χ3n) is 6.40. The lowest BCUT2D eigenvalue weighted by Gasteiger charge is -2.17. The van der Waals surface area contributed by atoms with Crippen molar-refractivity contribution in [1.82, 2.24) is 35.5 Å². The summed E-state index contributed by atoms with van der Waals surface area (Å²) in [6, 6.07) is 14.9. The minimum Gasteiger partial charge on any atom is -0.346 e. The van der Waals surface area contributed by atoms with Gasteiger partial charge < -0.3 is 10.3 Å². The molecule has 2 N–H and O–H groups in total. The maximum atomic E-state index is 13.5. The lowest BCUT2D eigenvalue weighted by Crippen LogP contribution is -2.42. The third-order valence-corrected chi connectivity index (χ3v) is 6.64. The van der Waals surface area contributed by atoms with Crippen molar-refractivity contribution >= 4 is 46.2 Å². The standard InChI is InChI=1S/C29H24ClN7O3/c1-18(38)20-6-4-19(5-7-20)13-27(39)25(15-22-16-32-29-24(22)3-2-12-31-29)34-28(40)11-8-21-14-23(30)9-10-26(21)37-17-33-35-36-37/h2-12,14,16-17,25H,13,15H2,1H3,(H,31,32)(H,34,40)/b11-8+. The topological polar surface area (TPSA) is 136 Å². The molecule has 3 aromatic heterocycles. The van der Waals surface area contributed by atoms with E-state index in [1.165, 1.54) is 24.0 Å². The number of nitrogens with zero attached hydrogens (tertiary/aromatic N) is 5. The monoisotopic (exact) mass is 553 g/mol. The predicted molar refractivity (Wildman–Crippen MR) is 150 cm³/mol. The zero-order valence-corrected chi connectivity index (χ0v) is 22.2. The predicted octanol–water partition coefficient (Wildman–Crippen LogP) is 3.95. The number of nitrogens with one attached hydrogen (secondary N) is 2. The first kappa shape index (κ1) is 26.6. The Kier molecular flexibility index (Phi) is 7.88. The van der Waals surface area contributed by atoms with Crippen LogP contribution in [0.5, 0.6) is 0 Å². The van der Waals surface area contributed by atoms with E-state index >= 15 is 0 Å². The maximum absolute atomic E-state index is 13.5. The van der Waals surface area contributed by atoms with Crippen LogP contribution in [0.2, 0.25) is 5.02 Å². The Hall–Kier alpha value is -4.96. The number of pyridine rings is 1. The van der Waals surface area contributed by atoms with Crippen LogP contribution in [0.4, 0.5) is 0 Å². The SMILES string of the molecule is CC(=O)c1ccc(CC(=O)C(Cc2c[nH]c3ncccc23)NC(=O)/C=C/c2cc(Cl)ccc2-n2cnnn2)cc1. The molecular formula is C29H24ClN7O3. The Labute approximate surface area is 234 Å². The number of carbonyl (C=O) groups is 3. The van der Waals surface area contributed by atoms with E-state index in [9.17, 15) is 14.4 Å². The highest BCUT2D eigenvalue weighted by atomic mass is 35.5.